The lowest BCUT2D eigenvalue weighted by Crippen LogP contribution is -2.53. The minimum absolute atomic E-state index is 0.0236. The highest BCUT2D eigenvalue weighted by atomic mass is 16.5. The molecule has 0 spiro atoms. The van der Waals surface area contributed by atoms with Crippen molar-refractivity contribution in [3.05, 3.63) is 66.7 Å². The zero-order chi connectivity index (χ0) is 19.8. The van der Waals surface area contributed by atoms with Gasteiger partial charge >= 0.3 is 0 Å². The molecule has 0 bridgehead atoms. The predicted molar refractivity (Wildman–Crippen MR) is 110 cm³/mol. The monoisotopic (exact) mass is 381 g/mol. The van der Waals surface area contributed by atoms with Gasteiger partial charge in [0.2, 0.25) is 5.91 Å². The Morgan fingerprint density at radius 1 is 1.14 bits per heavy atom. The van der Waals surface area contributed by atoms with Crippen molar-refractivity contribution >= 4 is 11.6 Å². The predicted octanol–water partition coefficient (Wildman–Crippen LogP) is 2.74. The summed E-state index contributed by atoms with van der Waals surface area (Å²) < 4.78 is 5.53. The normalized spacial score (nSPS) is 14.5. The van der Waals surface area contributed by atoms with Crippen molar-refractivity contribution in [1.29, 1.82) is 0 Å². The van der Waals surface area contributed by atoms with Crippen molar-refractivity contribution in [2.45, 2.75) is 12.8 Å². The highest BCUT2D eigenvalue weighted by Crippen LogP contribution is 2.19. The van der Waals surface area contributed by atoms with Crippen LogP contribution >= 0.6 is 0 Å². The van der Waals surface area contributed by atoms with E-state index >= 15 is 0 Å². The van der Waals surface area contributed by atoms with Gasteiger partial charge in [-0.05, 0) is 48.4 Å². The third-order valence-electron chi connectivity index (χ3n) is 4.68. The highest BCUT2D eigenvalue weighted by Gasteiger charge is 2.18. The van der Waals surface area contributed by atoms with E-state index in [0.29, 0.717) is 19.4 Å². The highest BCUT2D eigenvalue weighted by molar-refractivity contribution is 5.75. The number of anilines is 1. The summed E-state index contributed by atoms with van der Waals surface area (Å²) in [6.45, 7) is 7.29. The first-order valence-electron chi connectivity index (χ1n) is 9.55. The summed E-state index contributed by atoms with van der Waals surface area (Å²) in [5, 5.41) is 11.4. The quantitative estimate of drug-likeness (QED) is 0.689. The Labute approximate surface area is 166 Å². The minimum atomic E-state index is 0.0236. The number of nitrogens with zero attached hydrogens (tertiary/aromatic N) is 2. The van der Waals surface area contributed by atoms with Gasteiger partial charge in [-0.1, -0.05) is 24.8 Å². The molecule has 2 N–H and O–H groups in total. The molecule has 0 radical (unpaired) electrons. The number of hydrogen-bond acceptors (Lipinski definition) is 5. The maximum atomic E-state index is 12.3. The van der Waals surface area contributed by atoms with Crippen LogP contribution in [-0.2, 0) is 11.2 Å². The van der Waals surface area contributed by atoms with Crippen LogP contribution in [0.2, 0.25) is 0 Å². The van der Waals surface area contributed by atoms with Crippen LogP contribution < -0.4 is 15.1 Å². The van der Waals surface area contributed by atoms with E-state index in [1.165, 1.54) is 0 Å². The molecule has 2 aromatic rings. The lowest BCUT2D eigenvalue weighted by atomic mass is 10.1. The number of phenolic OH excluding ortho intramolecular Hbond substituents is 1. The Bertz CT molecular complexity index is 784. The van der Waals surface area contributed by atoms with Crippen LogP contribution in [-0.4, -0.2) is 48.8 Å². The summed E-state index contributed by atoms with van der Waals surface area (Å²) in [5.74, 6) is 1.09. The van der Waals surface area contributed by atoms with E-state index in [4.69, 9.17) is 4.74 Å². The zero-order valence-corrected chi connectivity index (χ0v) is 16.0. The SMILES string of the molecule is C=CCOc1cccc(CCC(=O)NN2CCN(c3ccc(O)cc3)CC2)c1. The van der Waals surface area contributed by atoms with Gasteiger partial charge in [-0.3, -0.25) is 10.2 Å². The van der Waals surface area contributed by atoms with Gasteiger partial charge in [0, 0.05) is 38.3 Å². The Morgan fingerprint density at radius 2 is 1.89 bits per heavy atom. The molecule has 6 heteroatoms. The van der Waals surface area contributed by atoms with Crippen LogP contribution in [0.4, 0.5) is 5.69 Å². The van der Waals surface area contributed by atoms with Crippen LogP contribution in [0.25, 0.3) is 0 Å². The molecule has 0 unspecified atom stereocenters. The van der Waals surface area contributed by atoms with Crippen molar-refractivity contribution < 1.29 is 14.6 Å². The Hall–Kier alpha value is -2.99. The average Bonchev–Trinajstić information content (AvgIpc) is 2.72. The zero-order valence-electron chi connectivity index (χ0n) is 16.0. The number of aryl methyl sites for hydroxylation is 1. The van der Waals surface area contributed by atoms with Gasteiger partial charge in [0.05, 0.1) is 0 Å². The molecule has 1 heterocycles. The number of rotatable bonds is 8. The van der Waals surface area contributed by atoms with E-state index in [2.05, 4.69) is 16.9 Å². The van der Waals surface area contributed by atoms with Crippen LogP contribution in [0, 0.1) is 0 Å². The molecule has 1 amide bonds. The van der Waals surface area contributed by atoms with E-state index in [1.807, 2.05) is 41.4 Å². The number of hydrogen-bond donors (Lipinski definition) is 2. The molecular formula is C22H27N3O3. The van der Waals surface area contributed by atoms with Gasteiger partial charge in [-0.25, -0.2) is 5.01 Å². The molecule has 148 valence electrons. The summed E-state index contributed by atoms with van der Waals surface area (Å²) in [7, 11) is 0. The molecule has 3 rings (SSSR count). The van der Waals surface area contributed by atoms with Crippen molar-refractivity contribution in [1.82, 2.24) is 10.4 Å². The van der Waals surface area contributed by atoms with E-state index in [-0.39, 0.29) is 11.7 Å². The number of amides is 1. The fourth-order valence-corrected chi connectivity index (χ4v) is 3.18. The maximum Gasteiger partial charge on any atom is 0.234 e. The van der Waals surface area contributed by atoms with Gasteiger partial charge < -0.3 is 14.7 Å². The molecule has 1 aliphatic heterocycles. The molecule has 1 aliphatic rings. The molecular weight excluding hydrogens is 354 g/mol. The molecule has 1 fully saturated rings. The van der Waals surface area contributed by atoms with E-state index < -0.39 is 0 Å². The Kier molecular flexibility index (Phi) is 6.92. The topological polar surface area (TPSA) is 65.0 Å². The van der Waals surface area contributed by atoms with E-state index in [1.54, 1.807) is 18.2 Å². The number of benzene rings is 2. The van der Waals surface area contributed by atoms with Gasteiger partial charge in [0.25, 0.3) is 0 Å². The molecule has 28 heavy (non-hydrogen) atoms. The number of hydrazine groups is 1. The standard InChI is InChI=1S/C22H27N3O3/c1-2-16-28-21-5-3-4-18(17-21)6-11-22(27)23-25-14-12-24(13-15-25)19-7-9-20(26)10-8-19/h2-5,7-10,17,26H,1,6,11-16H2,(H,23,27). The number of aromatic hydroxyl groups is 1. The van der Waals surface area contributed by atoms with Crippen LogP contribution in [0.15, 0.2) is 61.2 Å². The maximum absolute atomic E-state index is 12.3. The largest absolute Gasteiger partial charge is 0.508 e. The molecule has 6 nitrogen and oxygen atoms in total. The van der Waals surface area contributed by atoms with Crippen molar-refractivity contribution in [2.24, 2.45) is 0 Å². The van der Waals surface area contributed by atoms with Crippen LogP contribution in [0.1, 0.15) is 12.0 Å². The van der Waals surface area contributed by atoms with Gasteiger partial charge in [0.1, 0.15) is 18.1 Å². The van der Waals surface area contributed by atoms with Gasteiger partial charge in [0.15, 0.2) is 0 Å². The number of carbonyl (C=O) groups excluding carboxylic acids is 1. The second kappa shape index (κ2) is 9.80. The molecule has 0 aliphatic carbocycles. The molecule has 1 saturated heterocycles. The van der Waals surface area contributed by atoms with Crippen LogP contribution in [0.5, 0.6) is 11.5 Å². The van der Waals surface area contributed by atoms with Crippen LogP contribution in [0.3, 0.4) is 0 Å². The first-order valence-corrected chi connectivity index (χ1v) is 9.55. The lowest BCUT2D eigenvalue weighted by Gasteiger charge is -2.36. The number of ether oxygens (including phenoxy) is 1. The summed E-state index contributed by atoms with van der Waals surface area (Å²) in [6.07, 6.45) is 2.81. The second-order valence-electron chi connectivity index (χ2n) is 6.77. The first kappa shape index (κ1) is 19.8. The van der Waals surface area contributed by atoms with E-state index in [9.17, 15) is 9.90 Å². The van der Waals surface area contributed by atoms with E-state index in [0.717, 1.165) is 43.2 Å². The fourth-order valence-electron chi connectivity index (χ4n) is 3.18. The molecule has 0 saturated carbocycles. The molecule has 2 aromatic carbocycles. The van der Waals surface area contributed by atoms with Crippen molar-refractivity contribution in [3.63, 3.8) is 0 Å². The molecule has 0 atom stereocenters. The Morgan fingerprint density at radius 3 is 2.61 bits per heavy atom. The fraction of sp³-hybridized carbons (Fsp3) is 0.318. The summed E-state index contributed by atoms with van der Waals surface area (Å²) in [6, 6.07) is 15.0. The smallest absolute Gasteiger partial charge is 0.234 e. The summed E-state index contributed by atoms with van der Waals surface area (Å²) in [4.78, 5) is 14.5. The molecule has 0 aromatic heterocycles. The lowest BCUT2D eigenvalue weighted by molar-refractivity contribution is -0.126. The van der Waals surface area contributed by atoms with Gasteiger partial charge in [-0.15, -0.1) is 0 Å². The third kappa shape index (κ3) is 5.76. The summed E-state index contributed by atoms with van der Waals surface area (Å²) in [5.41, 5.74) is 5.17. The summed E-state index contributed by atoms with van der Waals surface area (Å²) >= 11 is 0. The Balaban J connectivity index is 1.41. The number of piperazine rings is 1. The third-order valence-corrected chi connectivity index (χ3v) is 4.68. The van der Waals surface area contributed by atoms with Gasteiger partial charge in [-0.2, -0.15) is 0 Å². The average molecular weight is 381 g/mol. The number of nitrogens with one attached hydrogen (secondary N) is 1. The number of phenols is 1. The number of carbonyl (C=O) groups is 1. The van der Waals surface area contributed by atoms with Crippen molar-refractivity contribution in [3.8, 4) is 11.5 Å². The minimum Gasteiger partial charge on any atom is -0.508 e. The first-order chi connectivity index (χ1) is 13.6. The second-order valence-corrected chi connectivity index (χ2v) is 6.77. The van der Waals surface area contributed by atoms with Crippen molar-refractivity contribution in [2.75, 3.05) is 37.7 Å².